The predicted octanol–water partition coefficient (Wildman–Crippen LogP) is 0.861. The van der Waals surface area contributed by atoms with Gasteiger partial charge in [-0.2, -0.15) is 13.9 Å². The van der Waals surface area contributed by atoms with Crippen LogP contribution < -0.4 is 5.73 Å². The largest absolute Gasteiger partial charge is 0.330 e. The van der Waals surface area contributed by atoms with Gasteiger partial charge in [-0.25, -0.2) is 0 Å². The molecule has 0 atom stereocenters. The van der Waals surface area contributed by atoms with E-state index in [1.807, 2.05) is 0 Å². The molecule has 0 spiro atoms. The third-order valence-corrected chi connectivity index (χ3v) is 1.65. The van der Waals surface area contributed by atoms with Gasteiger partial charge in [0.05, 0.1) is 0 Å². The van der Waals surface area contributed by atoms with Crippen LogP contribution in [-0.2, 0) is 13.0 Å². The number of hydrogen-bond donors (Lipinski definition) is 1. The Balaban J connectivity index is 2.88. The lowest BCUT2D eigenvalue weighted by Crippen LogP contribution is -2.21. The Labute approximate surface area is 69.2 Å². The van der Waals surface area contributed by atoms with Crippen molar-refractivity contribution >= 4 is 0 Å². The third-order valence-electron chi connectivity index (χ3n) is 1.65. The molecular formula is C7H11F2N3. The second kappa shape index (κ2) is 3.18. The van der Waals surface area contributed by atoms with Gasteiger partial charge in [-0.15, -0.1) is 0 Å². The Morgan fingerprint density at radius 3 is 2.75 bits per heavy atom. The highest BCUT2D eigenvalue weighted by Gasteiger charge is 2.33. The zero-order chi connectivity index (χ0) is 9.19. The van der Waals surface area contributed by atoms with Gasteiger partial charge in [0.1, 0.15) is 5.69 Å². The van der Waals surface area contributed by atoms with E-state index in [4.69, 9.17) is 5.73 Å². The first-order valence-corrected chi connectivity index (χ1v) is 3.64. The first-order valence-electron chi connectivity index (χ1n) is 3.64. The van der Waals surface area contributed by atoms with E-state index in [2.05, 4.69) is 5.10 Å². The number of aryl methyl sites for hydroxylation is 1. The van der Waals surface area contributed by atoms with Crippen LogP contribution >= 0.6 is 0 Å². The van der Waals surface area contributed by atoms with Crippen molar-refractivity contribution in [2.24, 2.45) is 12.8 Å². The minimum absolute atomic E-state index is 0.0296. The molecule has 5 heteroatoms. The standard InChI is InChI=1S/C7H11F2N3/c1-12-6(2-5-11-12)7(8,9)3-4-10/h2,5H,3-4,10H2,1H3. The van der Waals surface area contributed by atoms with E-state index in [9.17, 15) is 8.78 Å². The van der Waals surface area contributed by atoms with E-state index in [0.717, 1.165) is 4.68 Å². The second-order valence-corrected chi connectivity index (χ2v) is 2.58. The maximum Gasteiger partial charge on any atom is 0.290 e. The highest BCUT2D eigenvalue weighted by atomic mass is 19.3. The normalized spacial score (nSPS) is 12.0. The fourth-order valence-corrected chi connectivity index (χ4v) is 1.04. The Bertz CT molecular complexity index is 257. The molecule has 1 aromatic heterocycles. The zero-order valence-corrected chi connectivity index (χ0v) is 6.80. The van der Waals surface area contributed by atoms with Crippen LogP contribution in [0.2, 0.25) is 0 Å². The number of hydrogen-bond acceptors (Lipinski definition) is 2. The van der Waals surface area contributed by atoms with Crippen molar-refractivity contribution < 1.29 is 8.78 Å². The van der Waals surface area contributed by atoms with Crippen LogP contribution in [0.5, 0.6) is 0 Å². The van der Waals surface area contributed by atoms with E-state index in [0.29, 0.717) is 0 Å². The predicted molar refractivity (Wildman–Crippen MR) is 40.8 cm³/mol. The summed E-state index contributed by atoms with van der Waals surface area (Å²) in [6.45, 7) is -0.0296. The first-order chi connectivity index (χ1) is 5.58. The van der Waals surface area contributed by atoms with Gasteiger partial charge in [0.15, 0.2) is 0 Å². The average Bonchev–Trinajstić information content (AvgIpc) is 2.35. The van der Waals surface area contributed by atoms with Crippen LogP contribution in [0, 0.1) is 0 Å². The summed E-state index contributed by atoms with van der Waals surface area (Å²) in [4.78, 5) is 0. The van der Waals surface area contributed by atoms with Crippen LogP contribution in [0.4, 0.5) is 8.78 Å². The highest BCUT2D eigenvalue weighted by molar-refractivity contribution is 5.07. The number of nitrogens with zero attached hydrogens (tertiary/aromatic N) is 2. The number of halogens is 2. The summed E-state index contributed by atoms with van der Waals surface area (Å²) in [6.07, 6.45) is 1.01. The number of aromatic nitrogens is 2. The lowest BCUT2D eigenvalue weighted by atomic mass is 10.2. The molecule has 1 aromatic rings. The smallest absolute Gasteiger partial charge is 0.290 e. The van der Waals surface area contributed by atoms with Crippen molar-refractivity contribution in [1.82, 2.24) is 9.78 Å². The highest BCUT2D eigenvalue weighted by Crippen LogP contribution is 2.29. The molecule has 3 nitrogen and oxygen atoms in total. The van der Waals surface area contributed by atoms with Crippen molar-refractivity contribution in [2.45, 2.75) is 12.3 Å². The van der Waals surface area contributed by atoms with Crippen LogP contribution in [-0.4, -0.2) is 16.3 Å². The molecule has 0 unspecified atom stereocenters. The van der Waals surface area contributed by atoms with Gasteiger partial charge in [-0.05, 0) is 12.6 Å². The Kier molecular flexibility index (Phi) is 2.42. The van der Waals surface area contributed by atoms with Gasteiger partial charge in [0, 0.05) is 19.7 Å². The molecule has 0 aromatic carbocycles. The van der Waals surface area contributed by atoms with Crippen molar-refractivity contribution in [3.05, 3.63) is 18.0 Å². The molecule has 0 saturated heterocycles. The molecule has 0 aliphatic heterocycles. The first kappa shape index (κ1) is 9.12. The van der Waals surface area contributed by atoms with Gasteiger partial charge in [0.25, 0.3) is 5.92 Å². The Morgan fingerprint density at radius 1 is 1.67 bits per heavy atom. The molecule has 0 amide bonds. The van der Waals surface area contributed by atoms with E-state index in [1.165, 1.54) is 19.3 Å². The lowest BCUT2D eigenvalue weighted by molar-refractivity contribution is -0.0187. The SMILES string of the molecule is Cn1nccc1C(F)(F)CCN. The van der Waals surface area contributed by atoms with Gasteiger partial charge in [-0.3, -0.25) is 4.68 Å². The number of rotatable bonds is 3. The van der Waals surface area contributed by atoms with Crippen LogP contribution in [0.15, 0.2) is 12.3 Å². The van der Waals surface area contributed by atoms with E-state index >= 15 is 0 Å². The summed E-state index contributed by atoms with van der Waals surface area (Å²) in [7, 11) is 1.49. The third kappa shape index (κ3) is 1.61. The van der Waals surface area contributed by atoms with E-state index in [-0.39, 0.29) is 18.7 Å². The summed E-state index contributed by atoms with van der Waals surface area (Å²) in [5.74, 6) is -2.86. The summed E-state index contributed by atoms with van der Waals surface area (Å²) in [5.41, 5.74) is 4.97. The Hall–Kier alpha value is -0.970. The monoisotopic (exact) mass is 175 g/mol. The van der Waals surface area contributed by atoms with E-state index in [1.54, 1.807) is 0 Å². The van der Waals surface area contributed by atoms with Crippen molar-refractivity contribution in [3.8, 4) is 0 Å². The van der Waals surface area contributed by atoms with Gasteiger partial charge in [0.2, 0.25) is 0 Å². The number of nitrogens with two attached hydrogens (primary N) is 1. The lowest BCUT2D eigenvalue weighted by Gasteiger charge is -2.14. The summed E-state index contributed by atoms with van der Waals surface area (Å²) < 4.78 is 27.4. The topological polar surface area (TPSA) is 43.8 Å². The molecular weight excluding hydrogens is 164 g/mol. The van der Waals surface area contributed by atoms with Gasteiger partial charge < -0.3 is 5.73 Å². The molecule has 0 saturated carbocycles. The molecule has 12 heavy (non-hydrogen) atoms. The molecule has 0 bridgehead atoms. The molecule has 68 valence electrons. The molecule has 1 heterocycles. The molecule has 2 N–H and O–H groups in total. The molecule has 0 aliphatic rings. The van der Waals surface area contributed by atoms with Crippen molar-refractivity contribution in [1.29, 1.82) is 0 Å². The fraction of sp³-hybridized carbons (Fsp3) is 0.571. The second-order valence-electron chi connectivity index (χ2n) is 2.58. The van der Waals surface area contributed by atoms with E-state index < -0.39 is 5.92 Å². The minimum atomic E-state index is -2.86. The average molecular weight is 175 g/mol. The molecule has 0 aliphatic carbocycles. The molecule has 0 radical (unpaired) electrons. The van der Waals surface area contributed by atoms with Crippen LogP contribution in [0.3, 0.4) is 0 Å². The summed E-state index contributed by atoms with van der Waals surface area (Å²) in [5, 5.41) is 3.66. The summed E-state index contributed by atoms with van der Waals surface area (Å²) >= 11 is 0. The minimum Gasteiger partial charge on any atom is -0.330 e. The number of alkyl halides is 2. The van der Waals surface area contributed by atoms with Crippen LogP contribution in [0.25, 0.3) is 0 Å². The zero-order valence-electron chi connectivity index (χ0n) is 6.80. The quantitative estimate of drug-likeness (QED) is 0.740. The van der Waals surface area contributed by atoms with Crippen LogP contribution in [0.1, 0.15) is 12.1 Å². The molecule has 0 fully saturated rings. The summed E-state index contributed by atoms with van der Waals surface area (Å²) in [6, 6.07) is 1.30. The maximum absolute atomic E-state index is 13.1. The maximum atomic E-state index is 13.1. The van der Waals surface area contributed by atoms with Gasteiger partial charge in [-0.1, -0.05) is 0 Å². The molecule has 1 rings (SSSR count). The Morgan fingerprint density at radius 2 is 2.33 bits per heavy atom. The fourth-order valence-electron chi connectivity index (χ4n) is 1.04. The van der Waals surface area contributed by atoms with Crippen molar-refractivity contribution in [3.63, 3.8) is 0 Å². The van der Waals surface area contributed by atoms with Gasteiger partial charge >= 0.3 is 0 Å². The van der Waals surface area contributed by atoms with Crippen molar-refractivity contribution in [2.75, 3.05) is 6.54 Å².